The molecule has 1 amide bonds. The molecule has 0 atom stereocenters. The number of nitrogens with one attached hydrogen (secondary N) is 2. The van der Waals surface area contributed by atoms with Crippen molar-refractivity contribution in [2.24, 2.45) is 0 Å². The zero-order valence-electron chi connectivity index (χ0n) is 13.3. The number of thiocarbonyl (C=S) groups is 1. The number of pyridine rings is 1. The Balaban J connectivity index is 2.14. The van der Waals surface area contributed by atoms with Crippen molar-refractivity contribution < 1.29 is 14.3 Å². The van der Waals surface area contributed by atoms with Crippen molar-refractivity contribution in [1.29, 1.82) is 0 Å². The van der Waals surface area contributed by atoms with Gasteiger partial charge in [-0.25, -0.2) is 4.98 Å². The average Bonchev–Trinajstić information content (AvgIpc) is 2.57. The van der Waals surface area contributed by atoms with Gasteiger partial charge in [0.15, 0.2) is 5.11 Å². The van der Waals surface area contributed by atoms with Crippen LogP contribution in [0.3, 0.4) is 0 Å². The fourth-order valence-electron chi connectivity index (χ4n) is 2.00. The van der Waals surface area contributed by atoms with Crippen LogP contribution in [0.1, 0.15) is 16.1 Å². The number of aromatic nitrogens is 1. The van der Waals surface area contributed by atoms with E-state index in [1.54, 1.807) is 24.3 Å². The van der Waals surface area contributed by atoms with E-state index in [0.29, 0.717) is 17.3 Å². The summed E-state index contributed by atoms with van der Waals surface area (Å²) < 4.78 is 11.3. The third kappa shape index (κ3) is 4.21. The summed E-state index contributed by atoms with van der Waals surface area (Å²) >= 11 is 8.55. The maximum Gasteiger partial charge on any atom is 0.264 e. The zero-order valence-corrected chi connectivity index (χ0v) is 15.7. The van der Waals surface area contributed by atoms with Gasteiger partial charge in [0.2, 0.25) is 0 Å². The minimum absolute atomic E-state index is 0.127. The number of rotatable bonds is 4. The van der Waals surface area contributed by atoms with Gasteiger partial charge in [-0.1, -0.05) is 6.07 Å². The van der Waals surface area contributed by atoms with E-state index >= 15 is 0 Å². The molecular weight excluding hydrogens is 394 g/mol. The number of hydrogen-bond acceptors (Lipinski definition) is 5. The molecule has 6 nitrogen and oxygen atoms in total. The van der Waals surface area contributed by atoms with Gasteiger partial charge in [-0.05, 0) is 59.3 Å². The predicted octanol–water partition coefficient (Wildman–Crippen LogP) is 3.30. The molecule has 1 heterocycles. The summed E-state index contributed by atoms with van der Waals surface area (Å²) in [7, 11) is 2.97. The molecule has 0 aliphatic heterocycles. The summed E-state index contributed by atoms with van der Waals surface area (Å²) in [5.41, 5.74) is 1.08. The van der Waals surface area contributed by atoms with Crippen LogP contribution in [0.5, 0.6) is 11.5 Å². The number of ether oxygens (including phenoxy) is 2. The molecule has 0 saturated carbocycles. The maximum atomic E-state index is 12.5. The highest BCUT2D eigenvalue weighted by Gasteiger charge is 2.19. The number of nitrogens with zero attached hydrogens (tertiary/aromatic N) is 1. The Labute approximate surface area is 153 Å². The smallest absolute Gasteiger partial charge is 0.264 e. The van der Waals surface area contributed by atoms with Crippen LogP contribution in [0.25, 0.3) is 0 Å². The Morgan fingerprint density at radius 3 is 2.33 bits per heavy atom. The van der Waals surface area contributed by atoms with E-state index in [0.717, 1.165) is 10.2 Å². The number of carbonyl (C=O) groups excluding carboxylic acids is 1. The molecule has 0 spiro atoms. The molecule has 8 heteroatoms. The molecule has 1 aromatic carbocycles. The molecule has 2 rings (SSSR count). The summed E-state index contributed by atoms with van der Waals surface area (Å²) in [6, 6.07) is 8.68. The molecule has 24 heavy (non-hydrogen) atoms. The highest BCUT2D eigenvalue weighted by atomic mass is 79.9. The monoisotopic (exact) mass is 409 g/mol. The summed E-state index contributed by atoms with van der Waals surface area (Å²) in [5, 5.41) is 5.60. The topological polar surface area (TPSA) is 72.5 Å². The van der Waals surface area contributed by atoms with E-state index in [-0.39, 0.29) is 10.7 Å². The lowest BCUT2D eigenvalue weighted by atomic mass is 10.1. The van der Waals surface area contributed by atoms with Crippen molar-refractivity contribution >= 4 is 45.0 Å². The molecule has 126 valence electrons. The first kappa shape index (κ1) is 18.2. The van der Waals surface area contributed by atoms with Crippen molar-refractivity contribution in [1.82, 2.24) is 10.3 Å². The quantitative estimate of drug-likeness (QED) is 0.754. The van der Waals surface area contributed by atoms with Crippen LogP contribution in [-0.4, -0.2) is 30.2 Å². The number of amides is 1. The van der Waals surface area contributed by atoms with Crippen LogP contribution in [0.4, 0.5) is 5.82 Å². The van der Waals surface area contributed by atoms with Crippen molar-refractivity contribution in [3.63, 3.8) is 0 Å². The molecule has 1 aromatic heterocycles. The summed E-state index contributed by atoms with van der Waals surface area (Å²) in [6.45, 7) is 1.86. The molecule has 0 saturated heterocycles. The van der Waals surface area contributed by atoms with E-state index in [2.05, 4.69) is 31.5 Å². The van der Waals surface area contributed by atoms with Gasteiger partial charge in [-0.15, -0.1) is 0 Å². The second-order valence-corrected chi connectivity index (χ2v) is 5.97. The lowest BCUT2D eigenvalue weighted by molar-refractivity contribution is 0.0971. The molecule has 0 bridgehead atoms. The summed E-state index contributed by atoms with van der Waals surface area (Å²) in [6.07, 6.45) is 0. The Bertz CT molecular complexity index is 761. The number of benzene rings is 1. The first-order valence-electron chi connectivity index (χ1n) is 6.92. The first-order valence-corrected chi connectivity index (χ1v) is 8.13. The van der Waals surface area contributed by atoms with Crippen LogP contribution in [-0.2, 0) is 0 Å². The van der Waals surface area contributed by atoms with Gasteiger partial charge in [-0.3, -0.25) is 10.1 Å². The standard InChI is InChI=1S/C16H16BrN3O3S/c1-9-10(17)7-8-13(18-9)19-16(24)20-15(21)14-11(22-2)5-4-6-12(14)23-3/h4-8H,1-3H3,(H2,18,19,20,21,24). The Kier molecular flexibility index (Phi) is 6.10. The second-order valence-electron chi connectivity index (χ2n) is 4.71. The van der Waals surface area contributed by atoms with Gasteiger partial charge in [0.1, 0.15) is 22.9 Å². The van der Waals surface area contributed by atoms with E-state index < -0.39 is 5.91 Å². The Hall–Kier alpha value is -2.19. The van der Waals surface area contributed by atoms with E-state index in [4.69, 9.17) is 21.7 Å². The molecular formula is C16H16BrN3O3S. The Morgan fingerprint density at radius 1 is 1.17 bits per heavy atom. The number of carbonyl (C=O) groups is 1. The summed E-state index contributed by atoms with van der Waals surface area (Å²) in [5.74, 6) is 0.892. The van der Waals surface area contributed by atoms with E-state index in [1.165, 1.54) is 14.2 Å². The van der Waals surface area contributed by atoms with Gasteiger partial charge in [0.05, 0.1) is 19.9 Å². The predicted molar refractivity (Wildman–Crippen MR) is 99.9 cm³/mol. The van der Waals surface area contributed by atoms with E-state index in [9.17, 15) is 4.79 Å². The van der Waals surface area contributed by atoms with Crippen molar-refractivity contribution in [2.75, 3.05) is 19.5 Å². The lowest BCUT2D eigenvalue weighted by Crippen LogP contribution is -2.34. The minimum atomic E-state index is -0.435. The fourth-order valence-corrected chi connectivity index (χ4v) is 2.42. The average molecular weight is 410 g/mol. The maximum absolute atomic E-state index is 12.5. The largest absolute Gasteiger partial charge is 0.496 e. The molecule has 0 radical (unpaired) electrons. The van der Waals surface area contributed by atoms with Gasteiger partial charge >= 0.3 is 0 Å². The molecule has 0 aliphatic carbocycles. The van der Waals surface area contributed by atoms with Crippen molar-refractivity contribution in [3.8, 4) is 11.5 Å². The molecule has 0 aliphatic rings. The van der Waals surface area contributed by atoms with Crippen LogP contribution in [0.2, 0.25) is 0 Å². The molecule has 0 fully saturated rings. The third-order valence-corrected chi connectivity index (χ3v) is 4.19. The van der Waals surface area contributed by atoms with Gasteiger partial charge in [0, 0.05) is 4.47 Å². The fraction of sp³-hybridized carbons (Fsp3) is 0.188. The number of hydrogen-bond donors (Lipinski definition) is 2. The van der Waals surface area contributed by atoms with Crippen LogP contribution in [0.15, 0.2) is 34.8 Å². The summed E-state index contributed by atoms with van der Waals surface area (Å²) in [4.78, 5) is 16.8. The molecule has 0 unspecified atom stereocenters. The Morgan fingerprint density at radius 2 is 1.79 bits per heavy atom. The minimum Gasteiger partial charge on any atom is -0.496 e. The normalized spacial score (nSPS) is 10.0. The lowest BCUT2D eigenvalue weighted by Gasteiger charge is -2.14. The molecule has 2 N–H and O–H groups in total. The van der Waals surface area contributed by atoms with Crippen molar-refractivity contribution in [3.05, 3.63) is 46.1 Å². The van der Waals surface area contributed by atoms with Crippen LogP contribution in [0, 0.1) is 6.92 Å². The number of halogens is 1. The third-order valence-electron chi connectivity index (χ3n) is 3.14. The van der Waals surface area contributed by atoms with Gasteiger partial charge in [-0.2, -0.15) is 0 Å². The highest BCUT2D eigenvalue weighted by Crippen LogP contribution is 2.28. The highest BCUT2D eigenvalue weighted by molar-refractivity contribution is 9.10. The number of aryl methyl sites for hydroxylation is 1. The number of methoxy groups -OCH3 is 2. The van der Waals surface area contributed by atoms with E-state index in [1.807, 2.05) is 13.0 Å². The van der Waals surface area contributed by atoms with Gasteiger partial charge < -0.3 is 14.8 Å². The first-order chi connectivity index (χ1) is 11.5. The van der Waals surface area contributed by atoms with Crippen LogP contribution < -0.4 is 20.1 Å². The number of anilines is 1. The SMILES string of the molecule is COc1cccc(OC)c1C(=O)NC(=S)Nc1ccc(Br)c(C)n1. The van der Waals surface area contributed by atoms with Crippen LogP contribution >= 0.6 is 28.1 Å². The van der Waals surface area contributed by atoms with Gasteiger partial charge in [0.25, 0.3) is 5.91 Å². The zero-order chi connectivity index (χ0) is 17.7. The molecule has 2 aromatic rings. The van der Waals surface area contributed by atoms with Crippen molar-refractivity contribution in [2.45, 2.75) is 6.92 Å². The second kappa shape index (κ2) is 8.07.